The van der Waals surface area contributed by atoms with Crippen LogP contribution in [0.4, 0.5) is 13.2 Å². The van der Waals surface area contributed by atoms with Gasteiger partial charge in [0, 0.05) is 17.8 Å². The van der Waals surface area contributed by atoms with E-state index in [4.69, 9.17) is 0 Å². The highest BCUT2D eigenvalue weighted by Gasteiger charge is 2.32. The molecule has 13 heavy (non-hydrogen) atoms. The van der Waals surface area contributed by atoms with Crippen molar-refractivity contribution in [1.29, 1.82) is 0 Å². The van der Waals surface area contributed by atoms with Crippen molar-refractivity contribution in [3.05, 3.63) is 0 Å². The normalized spacial score (nSPS) is 21.2. The average molecular weight is 213 g/mol. The Morgan fingerprint density at radius 2 is 2.00 bits per heavy atom. The van der Waals surface area contributed by atoms with Gasteiger partial charge in [0.1, 0.15) is 0 Å². The Balaban J connectivity index is 2.01. The van der Waals surface area contributed by atoms with Crippen molar-refractivity contribution in [2.75, 3.05) is 12.3 Å². The van der Waals surface area contributed by atoms with E-state index >= 15 is 0 Å². The summed E-state index contributed by atoms with van der Waals surface area (Å²) in [6, 6.07) is 0. The first-order valence-corrected chi connectivity index (χ1v) is 5.36. The summed E-state index contributed by atoms with van der Waals surface area (Å²) in [7, 11) is 0. The van der Waals surface area contributed by atoms with Gasteiger partial charge in [0.05, 0.1) is 0 Å². The maximum Gasteiger partial charge on any atom is 0.441 e. The van der Waals surface area contributed by atoms with Crippen molar-refractivity contribution in [2.45, 2.75) is 37.2 Å². The van der Waals surface area contributed by atoms with Crippen LogP contribution in [-0.4, -0.2) is 23.3 Å². The standard InChI is InChI=1S/C8H14F3NS/c1-7(3-2-4-7)12-5-6-13-8(9,10)11/h12H,2-6H2,1H3. The number of halogens is 3. The van der Waals surface area contributed by atoms with Crippen LogP contribution in [0.15, 0.2) is 0 Å². The Hall–Kier alpha value is 0.100. The lowest BCUT2D eigenvalue weighted by Gasteiger charge is -2.39. The molecule has 1 rings (SSSR count). The van der Waals surface area contributed by atoms with Crippen molar-refractivity contribution in [3.63, 3.8) is 0 Å². The molecule has 78 valence electrons. The number of alkyl halides is 3. The van der Waals surface area contributed by atoms with E-state index in [1.54, 1.807) is 0 Å². The lowest BCUT2D eigenvalue weighted by Crippen LogP contribution is -2.48. The fourth-order valence-corrected chi connectivity index (χ4v) is 1.84. The minimum absolute atomic E-state index is 0.0463. The van der Waals surface area contributed by atoms with Crippen molar-refractivity contribution in [1.82, 2.24) is 5.32 Å². The smallest absolute Gasteiger partial charge is 0.311 e. The van der Waals surface area contributed by atoms with Gasteiger partial charge >= 0.3 is 5.51 Å². The van der Waals surface area contributed by atoms with E-state index in [2.05, 4.69) is 12.2 Å². The zero-order chi connectivity index (χ0) is 9.95. The Kier molecular flexibility index (Phi) is 3.51. The quantitative estimate of drug-likeness (QED) is 0.721. The molecule has 0 aliphatic heterocycles. The molecular weight excluding hydrogens is 199 g/mol. The van der Waals surface area contributed by atoms with Gasteiger partial charge in [-0.05, 0) is 37.9 Å². The number of nitrogens with one attached hydrogen (secondary N) is 1. The second-order valence-corrected chi connectivity index (χ2v) is 4.80. The lowest BCUT2D eigenvalue weighted by atomic mass is 9.79. The lowest BCUT2D eigenvalue weighted by molar-refractivity contribution is -0.0328. The first kappa shape index (κ1) is 11.2. The van der Waals surface area contributed by atoms with Crippen LogP contribution >= 0.6 is 11.8 Å². The summed E-state index contributed by atoms with van der Waals surface area (Å²) < 4.78 is 35.1. The van der Waals surface area contributed by atoms with Gasteiger partial charge in [-0.25, -0.2) is 0 Å². The molecule has 0 atom stereocenters. The highest BCUT2D eigenvalue weighted by atomic mass is 32.2. The summed E-state index contributed by atoms with van der Waals surface area (Å²) in [5.41, 5.74) is -3.96. The highest BCUT2D eigenvalue weighted by molar-refractivity contribution is 8.00. The molecule has 0 amide bonds. The first-order valence-electron chi connectivity index (χ1n) is 4.37. The molecule has 5 heteroatoms. The van der Waals surface area contributed by atoms with Gasteiger partial charge in [-0.1, -0.05) is 0 Å². The Morgan fingerprint density at radius 3 is 2.38 bits per heavy atom. The van der Waals surface area contributed by atoms with Gasteiger partial charge in [0.15, 0.2) is 0 Å². The van der Waals surface area contributed by atoms with Crippen LogP contribution in [0.5, 0.6) is 0 Å². The van der Waals surface area contributed by atoms with Gasteiger partial charge in [0.25, 0.3) is 0 Å². The van der Waals surface area contributed by atoms with Crippen molar-refractivity contribution in [2.24, 2.45) is 0 Å². The fourth-order valence-electron chi connectivity index (χ4n) is 1.40. The van der Waals surface area contributed by atoms with Crippen molar-refractivity contribution in [3.8, 4) is 0 Å². The molecule has 0 heterocycles. The molecule has 0 bridgehead atoms. The highest BCUT2D eigenvalue weighted by Crippen LogP contribution is 2.32. The molecule has 0 aromatic carbocycles. The summed E-state index contributed by atoms with van der Waals surface area (Å²) in [6.07, 6.45) is 3.36. The summed E-state index contributed by atoms with van der Waals surface area (Å²) >= 11 is 0.0463. The third-order valence-electron chi connectivity index (χ3n) is 2.38. The molecule has 0 saturated heterocycles. The minimum Gasteiger partial charge on any atom is -0.311 e. The fraction of sp³-hybridized carbons (Fsp3) is 1.00. The van der Waals surface area contributed by atoms with Gasteiger partial charge < -0.3 is 5.32 Å². The minimum atomic E-state index is -4.08. The molecule has 1 N–H and O–H groups in total. The molecule has 0 aromatic heterocycles. The number of hydrogen-bond acceptors (Lipinski definition) is 2. The summed E-state index contributed by atoms with van der Waals surface area (Å²) in [4.78, 5) is 0. The second-order valence-electron chi connectivity index (χ2n) is 3.64. The topological polar surface area (TPSA) is 12.0 Å². The Bertz CT molecular complexity index is 165. The number of hydrogen-bond donors (Lipinski definition) is 1. The maximum absolute atomic E-state index is 11.7. The molecule has 0 aromatic rings. The van der Waals surface area contributed by atoms with Crippen LogP contribution in [0.25, 0.3) is 0 Å². The van der Waals surface area contributed by atoms with E-state index in [1.165, 1.54) is 6.42 Å². The predicted octanol–water partition coefficient (Wildman–Crippen LogP) is 2.77. The molecule has 0 spiro atoms. The molecule has 0 unspecified atom stereocenters. The van der Waals surface area contributed by atoms with Crippen LogP contribution in [0.1, 0.15) is 26.2 Å². The van der Waals surface area contributed by atoms with Crippen LogP contribution in [0.2, 0.25) is 0 Å². The van der Waals surface area contributed by atoms with Crippen LogP contribution in [-0.2, 0) is 0 Å². The molecule has 1 aliphatic rings. The third kappa shape index (κ3) is 4.22. The average Bonchev–Trinajstić information content (AvgIpc) is 1.93. The number of rotatable bonds is 4. The molecule has 0 radical (unpaired) electrons. The van der Waals surface area contributed by atoms with E-state index in [0.717, 1.165) is 12.8 Å². The zero-order valence-electron chi connectivity index (χ0n) is 7.58. The van der Waals surface area contributed by atoms with Crippen LogP contribution in [0, 0.1) is 0 Å². The molecule has 1 nitrogen and oxygen atoms in total. The third-order valence-corrected chi connectivity index (χ3v) is 3.11. The van der Waals surface area contributed by atoms with Crippen molar-refractivity contribution >= 4 is 11.8 Å². The zero-order valence-corrected chi connectivity index (χ0v) is 8.39. The van der Waals surface area contributed by atoms with Crippen molar-refractivity contribution < 1.29 is 13.2 Å². The molecule has 1 saturated carbocycles. The summed E-state index contributed by atoms with van der Waals surface area (Å²) in [6.45, 7) is 2.51. The Labute approximate surface area is 80.5 Å². The Morgan fingerprint density at radius 1 is 1.38 bits per heavy atom. The van der Waals surface area contributed by atoms with Gasteiger partial charge in [-0.2, -0.15) is 13.2 Å². The van der Waals surface area contributed by atoms with E-state index in [0.29, 0.717) is 6.54 Å². The predicted molar refractivity (Wildman–Crippen MR) is 48.8 cm³/mol. The van der Waals surface area contributed by atoms with E-state index in [9.17, 15) is 13.2 Å². The monoisotopic (exact) mass is 213 g/mol. The van der Waals surface area contributed by atoms with E-state index < -0.39 is 5.51 Å². The van der Waals surface area contributed by atoms with Crippen LogP contribution < -0.4 is 5.32 Å². The summed E-state index contributed by atoms with van der Waals surface area (Å²) in [5.74, 6) is 0.110. The summed E-state index contributed by atoms with van der Waals surface area (Å²) in [5, 5.41) is 3.15. The van der Waals surface area contributed by atoms with Gasteiger partial charge in [-0.15, -0.1) is 0 Å². The first-order chi connectivity index (χ1) is 5.91. The second kappa shape index (κ2) is 4.09. The number of thioether (sulfide) groups is 1. The van der Waals surface area contributed by atoms with Gasteiger partial charge in [0.2, 0.25) is 0 Å². The molecule has 1 aliphatic carbocycles. The largest absolute Gasteiger partial charge is 0.441 e. The van der Waals surface area contributed by atoms with Crippen LogP contribution in [0.3, 0.4) is 0 Å². The molecule has 1 fully saturated rings. The van der Waals surface area contributed by atoms with Gasteiger partial charge in [-0.3, -0.25) is 0 Å². The SMILES string of the molecule is CC1(NCCSC(F)(F)F)CCC1. The van der Waals surface area contributed by atoms with E-state index in [1.807, 2.05) is 0 Å². The molecular formula is C8H14F3NS. The van der Waals surface area contributed by atoms with E-state index in [-0.39, 0.29) is 23.1 Å². The maximum atomic E-state index is 11.7.